The first-order chi connectivity index (χ1) is 6.32. The van der Waals surface area contributed by atoms with Crippen molar-refractivity contribution in [2.24, 2.45) is 0 Å². The Morgan fingerprint density at radius 1 is 1.43 bits per heavy atom. The van der Waals surface area contributed by atoms with Crippen molar-refractivity contribution in [2.45, 2.75) is 16.7 Å². The van der Waals surface area contributed by atoms with Gasteiger partial charge >= 0.3 is 0 Å². The van der Waals surface area contributed by atoms with Gasteiger partial charge in [-0.05, 0) is 19.1 Å². The van der Waals surface area contributed by atoms with E-state index in [0.717, 1.165) is 6.07 Å². The van der Waals surface area contributed by atoms with Crippen molar-refractivity contribution in [2.75, 3.05) is 0 Å². The number of thiol groups is 1. The Hall–Kier alpha value is -0.850. The van der Waals surface area contributed by atoms with Crippen molar-refractivity contribution >= 4 is 28.5 Å². The SMILES string of the molecule is CC(=O)c1ccc(S)c(S(=O)(=O)O)c1. The molecule has 0 aliphatic heterocycles. The van der Waals surface area contributed by atoms with Gasteiger partial charge < -0.3 is 0 Å². The molecule has 1 N–H and O–H groups in total. The van der Waals surface area contributed by atoms with Crippen molar-refractivity contribution in [3.05, 3.63) is 23.8 Å². The molecule has 14 heavy (non-hydrogen) atoms. The summed E-state index contributed by atoms with van der Waals surface area (Å²) in [5.74, 6) is -0.275. The zero-order valence-corrected chi connectivity index (χ0v) is 8.97. The first-order valence-electron chi connectivity index (χ1n) is 3.64. The molecule has 0 aromatic heterocycles. The molecule has 0 amide bonds. The van der Waals surface area contributed by atoms with Crippen molar-refractivity contribution in [1.29, 1.82) is 0 Å². The lowest BCUT2D eigenvalue weighted by Gasteiger charge is -2.02. The molecule has 0 spiro atoms. The predicted molar refractivity (Wildman–Crippen MR) is 53.5 cm³/mol. The average Bonchev–Trinajstić information content (AvgIpc) is 2.02. The molecule has 0 aliphatic rings. The van der Waals surface area contributed by atoms with Gasteiger partial charge in [0, 0.05) is 10.5 Å². The zero-order valence-electron chi connectivity index (χ0n) is 7.26. The summed E-state index contributed by atoms with van der Waals surface area (Å²) in [4.78, 5) is 10.7. The molecule has 1 rings (SSSR count). The van der Waals surface area contributed by atoms with Crippen LogP contribution < -0.4 is 0 Å². The van der Waals surface area contributed by atoms with Crippen molar-refractivity contribution in [3.63, 3.8) is 0 Å². The van der Waals surface area contributed by atoms with Gasteiger partial charge in [0.1, 0.15) is 4.90 Å². The third-order valence-corrected chi connectivity index (χ3v) is 3.08. The molecular weight excluding hydrogens is 224 g/mol. The number of hydrogen-bond donors (Lipinski definition) is 2. The van der Waals surface area contributed by atoms with Crippen LogP contribution in [0.3, 0.4) is 0 Å². The van der Waals surface area contributed by atoms with E-state index in [1.54, 1.807) is 0 Å². The number of rotatable bonds is 2. The highest BCUT2D eigenvalue weighted by molar-refractivity contribution is 7.87. The van der Waals surface area contributed by atoms with Crippen LogP contribution in [0.2, 0.25) is 0 Å². The lowest BCUT2D eigenvalue weighted by molar-refractivity contribution is 0.101. The highest BCUT2D eigenvalue weighted by atomic mass is 32.2. The van der Waals surface area contributed by atoms with Gasteiger partial charge in [0.2, 0.25) is 0 Å². The van der Waals surface area contributed by atoms with Crippen LogP contribution in [0.4, 0.5) is 0 Å². The maximum absolute atomic E-state index is 10.9. The number of carbonyl (C=O) groups excluding carboxylic acids is 1. The topological polar surface area (TPSA) is 71.4 Å². The fraction of sp³-hybridized carbons (Fsp3) is 0.125. The van der Waals surface area contributed by atoms with Gasteiger partial charge in [-0.2, -0.15) is 8.42 Å². The predicted octanol–water partition coefficient (Wildman–Crippen LogP) is 1.42. The average molecular weight is 232 g/mol. The van der Waals surface area contributed by atoms with E-state index in [0.29, 0.717) is 0 Å². The Labute approximate surface area is 87.1 Å². The maximum Gasteiger partial charge on any atom is 0.295 e. The second-order valence-corrected chi connectivity index (χ2v) is 4.59. The second kappa shape index (κ2) is 3.72. The van der Waals surface area contributed by atoms with E-state index in [4.69, 9.17) is 4.55 Å². The molecule has 0 radical (unpaired) electrons. The zero-order chi connectivity index (χ0) is 10.9. The molecule has 1 aromatic rings. The number of Topliss-reactive ketones (excluding diaryl/α,β-unsaturated/α-hetero) is 1. The van der Waals surface area contributed by atoms with E-state index in [9.17, 15) is 13.2 Å². The molecule has 0 saturated carbocycles. The smallest absolute Gasteiger partial charge is 0.295 e. The molecule has 0 bridgehead atoms. The Balaban J connectivity index is 3.44. The molecule has 0 atom stereocenters. The standard InChI is InChI=1S/C8H8O4S2/c1-5(9)6-2-3-7(13)8(4-6)14(10,11)12/h2-4,13H,1H3,(H,10,11,12). The van der Waals surface area contributed by atoms with E-state index in [2.05, 4.69) is 12.6 Å². The summed E-state index contributed by atoms with van der Waals surface area (Å²) in [6.07, 6.45) is 0. The molecule has 0 heterocycles. The molecule has 0 unspecified atom stereocenters. The van der Waals surface area contributed by atoms with Crippen molar-refractivity contribution < 1.29 is 17.8 Å². The van der Waals surface area contributed by atoms with Crippen LogP contribution in [0.15, 0.2) is 28.0 Å². The fourth-order valence-electron chi connectivity index (χ4n) is 0.940. The highest BCUT2D eigenvalue weighted by Gasteiger charge is 2.15. The Kier molecular flexibility index (Phi) is 2.98. The van der Waals surface area contributed by atoms with Gasteiger partial charge in [0.15, 0.2) is 5.78 Å². The van der Waals surface area contributed by atoms with Crippen LogP contribution in [-0.2, 0) is 10.1 Å². The van der Waals surface area contributed by atoms with Crippen LogP contribution in [0.25, 0.3) is 0 Å². The van der Waals surface area contributed by atoms with Crippen LogP contribution in [0.5, 0.6) is 0 Å². The Morgan fingerprint density at radius 2 is 2.00 bits per heavy atom. The summed E-state index contributed by atoms with van der Waals surface area (Å²) in [5.41, 5.74) is 0.218. The molecule has 6 heteroatoms. The van der Waals surface area contributed by atoms with Gasteiger partial charge in [-0.15, -0.1) is 12.6 Å². The van der Waals surface area contributed by atoms with E-state index >= 15 is 0 Å². The number of carbonyl (C=O) groups is 1. The molecule has 0 fully saturated rings. The van der Waals surface area contributed by atoms with E-state index in [1.807, 2.05) is 0 Å². The van der Waals surface area contributed by atoms with E-state index < -0.39 is 10.1 Å². The molecule has 4 nitrogen and oxygen atoms in total. The fourth-order valence-corrected chi connectivity index (χ4v) is 2.03. The lowest BCUT2D eigenvalue weighted by Crippen LogP contribution is -2.02. The van der Waals surface area contributed by atoms with Crippen LogP contribution >= 0.6 is 12.6 Å². The van der Waals surface area contributed by atoms with Crippen LogP contribution in [0.1, 0.15) is 17.3 Å². The van der Waals surface area contributed by atoms with Gasteiger partial charge in [0.25, 0.3) is 10.1 Å². The van der Waals surface area contributed by atoms with E-state index in [1.165, 1.54) is 19.1 Å². The molecular formula is C8H8O4S2. The minimum Gasteiger partial charge on any atom is -0.295 e. The Morgan fingerprint density at radius 3 is 2.43 bits per heavy atom. The second-order valence-electron chi connectivity index (χ2n) is 2.71. The first-order valence-corrected chi connectivity index (χ1v) is 5.52. The van der Waals surface area contributed by atoms with Crippen LogP contribution in [0, 0.1) is 0 Å². The molecule has 0 saturated heterocycles. The maximum atomic E-state index is 10.9. The van der Waals surface area contributed by atoms with Crippen LogP contribution in [-0.4, -0.2) is 18.8 Å². The van der Waals surface area contributed by atoms with Gasteiger partial charge in [-0.25, -0.2) is 0 Å². The summed E-state index contributed by atoms with van der Waals surface area (Å²) >= 11 is 3.86. The quantitative estimate of drug-likeness (QED) is 0.459. The largest absolute Gasteiger partial charge is 0.295 e. The third kappa shape index (κ3) is 2.34. The Bertz CT molecular complexity index is 476. The lowest BCUT2D eigenvalue weighted by atomic mass is 10.1. The van der Waals surface area contributed by atoms with Crippen molar-refractivity contribution in [3.8, 4) is 0 Å². The third-order valence-electron chi connectivity index (χ3n) is 1.64. The molecule has 76 valence electrons. The van der Waals surface area contributed by atoms with Gasteiger partial charge in [-0.1, -0.05) is 6.07 Å². The monoisotopic (exact) mass is 232 g/mol. The van der Waals surface area contributed by atoms with Gasteiger partial charge in [0.05, 0.1) is 0 Å². The number of ketones is 1. The van der Waals surface area contributed by atoms with Gasteiger partial charge in [-0.3, -0.25) is 9.35 Å². The first kappa shape index (κ1) is 11.2. The van der Waals surface area contributed by atoms with E-state index in [-0.39, 0.29) is 21.1 Å². The summed E-state index contributed by atoms with van der Waals surface area (Å²) in [7, 11) is -4.32. The van der Waals surface area contributed by atoms with Crippen molar-refractivity contribution in [1.82, 2.24) is 0 Å². The summed E-state index contributed by atoms with van der Waals surface area (Å²) < 4.78 is 30.4. The summed E-state index contributed by atoms with van der Waals surface area (Å²) in [5, 5.41) is 0. The molecule has 0 aliphatic carbocycles. The molecule has 1 aromatic carbocycles. The minimum absolute atomic E-state index is 0.109. The normalized spacial score (nSPS) is 11.4. The summed E-state index contributed by atoms with van der Waals surface area (Å²) in [6.45, 7) is 1.31. The summed E-state index contributed by atoms with van der Waals surface area (Å²) in [6, 6.07) is 3.89. The number of benzene rings is 1. The highest BCUT2D eigenvalue weighted by Crippen LogP contribution is 2.20. The minimum atomic E-state index is -4.32. The number of hydrogen-bond acceptors (Lipinski definition) is 4.